The van der Waals surface area contributed by atoms with E-state index in [0.717, 1.165) is 22.9 Å². The van der Waals surface area contributed by atoms with Crippen molar-refractivity contribution in [2.45, 2.75) is 19.1 Å². The first kappa shape index (κ1) is 21.4. The average molecular weight is 454 g/mol. The molecule has 3 aromatic heterocycles. The number of alkyl halides is 6. The first-order valence-corrected chi connectivity index (χ1v) is 8.98. The third kappa shape index (κ3) is 4.58. The largest absolute Gasteiger partial charge is 0.573 e. The maximum Gasteiger partial charge on any atom is 0.573 e. The maximum atomic E-state index is 12.9. The summed E-state index contributed by atoms with van der Waals surface area (Å²) in [5.41, 5.74) is -0.422. The Morgan fingerprint density at radius 1 is 0.875 bits per heavy atom. The van der Waals surface area contributed by atoms with Crippen LogP contribution in [0.15, 0.2) is 65.6 Å². The van der Waals surface area contributed by atoms with Crippen LogP contribution in [0, 0.1) is 0 Å². The van der Waals surface area contributed by atoms with Gasteiger partial charge in [0.25, 0.3) is 0 Å². The predicted molar refractivity (Wildman–Crippen MR) is 99.9 cm³/mol. The van der Waals surface area contributed by atoms with E-state index < -0.39 is 23.9 Å². The summed E-state index contributed by atoms with van der Waals surface area (Å²) in [6.07, 6.45) is -7.99. The van der Waals surface area contributed by atoms with Crippen LogP contribution in [0.4, 0.5) is 26.3 Å². The van der Waals surface area contributed by atoms with Crippen LogP contribution in [-0.2, 0) is 12.7 Å². The van der Waals surface area contributed by atoms with Crippen LogP contribution in [0.25, 0.3) is 16.8 Å². The zero-order valence-electron chi connectivity index (χ0n) is 15.9. The molecule has 0 aliphatic heterocycles. The summed E-state index contributed by atoms with van der Waals surface area (Å²) in [5, 5.41) is 4.09. The molecule has 1 aromatic carbocycles. The highest BCUT2D eigenvalue weighted by atomic mass is 19.4. The molecule has 12 heteroatoms. The lowest BCUT2D eigenvalue weighted by Gasteiger charge is -2.09. The molecule has 166 valence electrons. The number of hydrogen-bond acceptors (Lipinski definition) is 4. The van der Waals surface area contributed by atoms with Crippen molar-refractivity contribution >= 4 is 5.65 Å². The molecule has 0 saturated carbocycles. The number of ether oxygens (including phenoxy) is 1. The van der Waals surface area contributed by atoms with Gasteiger partial charge in [0.1, 0.15) is 11.4 Å². The lowest BCUT2D eigenvalue weighted by atomic mass is 10.1. The van der Waals surface area contributed by atoms with Crippen LogP contribution in [0.5, 0.6) is 5.75 Å². The van der Waals surface area contributed by atoms with E-state index in [9.17, 15) is 31.1 Å². The molecule has 0 saturated heterocycles. The fourth-order valence-electron chi connectivity index (χ4n) is 3.02. The van der Waals surface area contributed by atoms with Crippen molar-refractivity contribution in [1.29, 1.82) is 0 Å². The maximum absolute atomic E-state index is 12.9. The minimum atomic E-state index is -4.81. The molecular formula is C20H12F6N4O2. The van der Waals surface area contributed by atoms with Gasteiger partial charge in [-0.25, -0.2) is 18.9 Å². The Labute approximate surface area is 175 Å². The standard InChI is InChI=1S/C20H12F6N4O2/c21-19(22,23)16-3-1-2-14(27-16)11-30-18(31)29-10-13(6-9-17(29)28-30)12-4-7-15(8-5-12)32-20(24,25)26/h1-10H,11H2. The summed E-state index contributed by atoms with van der Waals surface area (Å²) in [6, 6.07) is 11.5. The van der Waals surface area contributed by atoms with Crippen LogP contribution in [-0.4, -0.2) is 25.5 Å². The van der Waals surface area contributed by atoms with Crippen LogP contribution in [0.2, 0.25) is 0 Å². The van der Waals surface area contributed by atoms with Crippen LogP contribution < -0.4 is 10.4 Å². The summed E-state index contributed by atoms with van der Waals surface area (Å²) in [4.78, 5) is 16.2. The molecule has 0 spiro atoms. The number of fused-ring (bicyclic) bond motifs is 1. The molecule has 0 bridgehead atoms. The number of aromatic nitrogens is 4. The van der Waals surface area contributed by atoms with Gasteiger partial charge in [0.15, 0.2) is 5.65 Å². The molecule has 32 heavy (non-hydrogen) atoms. The quantitative estimate of drug-likeness (QED) is 0.426. The predicted octanol–water partition coefficient (Wildman–Crippen LogP) is 4.52. The van der Waals surface area contributed by atoms with Crippen molar-refractivity contribution in [3.63, 3.8) is 0 Å². The van der Waals surface area contributed by atoms with Gasteiger partial charge in [-0.05, 0) is 47.5 Å². The minimum Gasteiger partial charge on any atom is -0.406 e. The van der Waals surface area contributed by atoms with Gasteiger partial charge in [-0.1, -0.05) is 18.2 Å². The topological polar surface area (TPSA) is 61.4 Å². The van der Waals surface area contributed by atoms with E-state index >= 15 is 0 Å². The minimum absolute atomic E-state index is 0.00538. The van der Waals surface area contributed by atoms with Crippen molar-refractivity contribution in [1.82, 2.24) is 19.2 Å². The van der Waals surface area contributed by atoms with E-state index in [1.165, 1.54) is 40.9 Å². The third-order valence-corrected chi connectivity index (χ3v) is 4.41. The average Bonchev–Trinajstić information content (AvgIpc) is 3.02. The van der Waals surface area contributed by atoms with Gasteiger partial charge in [0.2, 0.25) is 0 Å². The van der Waals surface area contributed by atoms with Crippen LogP contribution in [0.1, 0.15) is 11.4 Å². The molecule has 0 unspecified atom stereocenters. The van der Waals surface area contributed by atoms with Gasteiger partial charge in [-0.3, -0.25) is 0 Å². The summed E-state index contributed by atoms with van der Waals surface area (Å²) in [6.45, 7) is -0.275. The second-order valence-corrected chi connectivity index (χ2v) is 6.67. The van der Waals surface area contributed by atoms with Gasteiger partial charge in [0, 0.05) is 6.20 Å². The zero-order valence-corrected chi connectivity index (χ0v) is 15.9. The number of rotatable bonds is 4. The molecule has 0 N–H and O–H groups in total. The van der Waals surface area contributed by atoms with E-state index in [0.29, 0.717) is 11.1 Å². The number of pyridine rings is 2. The first-order valence-electron chi connectivity index (χ1n) is 8.98. The lowest BCUT2D eigenvalue weighted by Crippen LogP contribution is -2.22. The molecule has 0 radical (unpaired) electrons. The Morgan fingerprint density at radius 3 is 2.22 bits per heavy atom. The highest BCUT2D eigenvalue weighted by Crippen LogP contribution is 2.28. The van der Waals surface area contributed by atoms with Crippen molar-refractivity contribution in [3.05, 3.63) is 82.7 Å². The number of hydrogen-bond donors (Lipinski definition) is 0. The molecule has 0 aliphatic carbocycles. The molecule has 4 rings (SSSR count). The summed E-state index contributed by atoms with van der Waals surface area (Å²) < 4.78 is 81.4. The number of halogens is 6. The number of nitrogens with zero attached hydrogens (tertiary/aromatic N) is 4. The van der Waals surface area contributed by atoms with E-state index in [-0.39, 0.29) is 23.6 Å². The van der Waals surface area contributed by atoms with Crippen molar-refractivity contribution in [3.8, 4) is 16.9 Å². The Balaban J connectivity index is 1.63. The van der Waals surface area contributed by atoms with E-state index in [2.05, 4.69) is 14.8 Å². The molecule has 0 amide bonds. The van der Waals surface area contributed by atoms with Gasteiger partial charge >= 0.3 is 18.2 Å². The number of benzene rings is 1. The van der Waals surface area contributed by atoms with Crippen molar-refractivity contribution in [2.24, 2.45) is 0 Å². The first-order chi connectivity index (χ1) is 15.0. The summed E-state index contributed by atoms with van der Waals surface area (Å²) >= 11 is 0. The Hall–Kier alpha value is -3.83. The van der Waals surface area contributed by atoms with Gasteiger partial charge in [0.05, 0.1) is 12.2 Å². The second kappa shape index (κ2) is 7.70. The third-order valence-electron chi connectivity index (χ3n) is 4.41. The second-order valence-electron chi connectivity index (χ2n) is 6.67. The van der Waals surface area contributed by atoms with Crippen molar-refractivity contribution < 1.29 is 31.1 Å². The molecule has 0 fully saturated rings. The Kier molecular flexibility index (Phi) is 5.15. The van der Waals surface area contributed by atoms with Crippen molar-refractivity contribution in [2.75, 3.05) is 0 Å². The SMILES string of the molecule is O=c1n(Cc2cccc(C(F)(F)F)n2)nc2ccc(-c3ccc(OC(F)(F)F)cc3)cn12. The van der Waals surface area contributed by atoms with E-state index in [4.69, 9.17) is 0 Å². The van der Waals surface area contributed by atoms with E-state index in [1.54, 1.807) is 6.07 Å². The fourth-order valence-corrected chi connectivity index (χ4v) is 3.02. The van der Waals surface area contributed by atoms with Crippen LogP contribution >= 0.6 is 0 Å². The summed E-state index contributed by atoms with van der Waals surface area (Å²) in [7, 11) is 0. The highest BCUT2D eigenvalue weighted by Gasteiger charge is 2.32. The van der Waals surface area contributed by atoms with Gasteiger partial charge in [-0.2, -0.15) is 13.2 Å². The molecule has 3 heterocycles. The molecule has 0 aliphatic rings. The lowest BCUT2D eigenvalue weighted by molar-refractivity contribution is -0.274. The molecule has 4 aromatic rings. The van der Waals surface area contributed by atoms with Crippen LogP contribution in [0.3, 0.4) is 0 Å². The van der Waals surface area contributed by atoms with Gasteiger partial charge < -0.3 is 4.74 Å². The molecular weight excluding hydrogens is 442 g/mol. The summed E-state index contributed by atoms with van der Waals surface area (Å²) in [5.74, 6) is -0.388. The molecule has 0 atom stereocenters. The normalized spacial score (nSPS) is 12.3. The monoisotopic (exact) mass is 454 g/mol. The van der Waals surface area contributed by atoms with E-state index in [1.807, 2.05) is 0 Å². The van der Waals surface area contributed by atoms with Gasteiger partial charge in [-0.15, -0.1) is 18.3 Å². The zero-order chi connectivity index (χ0) is 23.1. The molecule has 6 nitrogen and oxygen atoms in total. The Bertz CT molecular complexity index is 1320. The Morgan fingerprint density at radius 2 is 1.56 bits per heavy atom. The highest BCUT2D eigenvalue weighted by molar-refractivity contribution is 5.65. The smallest absolute Gasteiger partial charge is 0.406 e. The fraction of sp³-hybridized carbons (Fsp3) is 0.150.